The Kier molecular flexibility index (Phi) is 3.42. The van der Waals surface area contributed by atoms with Crippen LogP contribution in [-0.2, 0) is 9.53 Å². The van der Waals surface area contributed by atoms with Crippen LogP contribution in [0.15, 0.2) is 24.3 Å². The first-order valence-electron chi connectivity index (χ1n) is 5.66. The van der Waals surface area contributed by atoms with Crippen molar-refractivity contribution in [2.24, 2.45) is 0 Å². The zero-order valence-electron chi connectivity index (χ0n) is 9.76. The van der Waals surface area contributed by atoms with Gasteiger partial charge >= 0.3 is 5.97 Å². The summed E-state index contributed by atoms with van der Waals surface area (Å²) in [5, 5.41) is 0. The van der Waals surface area contributed by atoms with Crippen LogP contribution in [-0.4, -0.2) is 32.0 Å². The standard InChI is InChI=1S/C13H15NO3/c1-17-13(16)12-6-3-7-14(12)11-5-2-4-10(8-11)9-15/h2,4-5,8-9,12H,3,6-7H2,1H3/t12-/m0/s1. The van der Waals surface area contributed by atoms with E-state index in [2.05, 4.69) is 0 Å². The van der Waals surface area contributed by atoms with Crippen LogP contribution >= 0.6 is 0 Å². The second-order valence-corrected chi connectivity index (χ2v) is 4.09. The number of anilines is 1. The van der Waals surface area contributed by atoms with Crippen LogP contribution in [0.2, 0.25) is 0 Å². The van der Waals surface area contributed by atoms with Crippen LogP contribution in [0.3, 0.4) is 0 Å². The summed E-state index contributed by atoms with van der Waals surface area (Å²) in [5.74, 6) is -0.209. The van der Waals surface area contributed by atoms with Crippen LogP contribution in [0, 0.1) is 0 Å². The molecule has 2 rings (SSSR count). The van der Waals surface area contributed by atoms with E-state index in [9.17, 15) is 9.59 Å². The lowest BCUT2D eigenvalue weighted by Gasteiger charge is -2.24. The molecule has 1 saturated heterocycles. The van der Waals surface area contributed by atoms with Gasteiger partial charge in [-0.25, -0.2) is 4.79 Å². The fraction of sp³-hybridized carbons (Fsp3) is 0.385. The summed E-state index contributed by atoms with van der Waals surface area (Å²) in [5.41, 5.74) is 1.53. The SMILES string of the molecule is COC(=O)[C@@H]1CCCN1c1cccc(C=O)c1. The molecule has 17 heavy (non-hydrogen) atoms. The Balaban J connectivity index is 2.25. The van der Waals surface area contributed by atoms with Gasteiger partial charge in [0.1, 0.15) is 12.3 Å². The highest BCUT2D eigenvalue weighted by Crippen LogP contribution is 2.26. The minimum atomic E-state index is -0.220. The van der Waals surface area contributed by atoms with Gasteiger partial charge in [0.2, 0.25) is 0 Å². The van der Waals surface area contributed by atoms with Crippen molar-refractivity contribution < 1.29 is 14.3 Å². The van der Waals surface area contributed by atoms with Gasteiger partial charge < -0.3 is 9.64 Å². The average Bonchev–Trinajstić information content (AvgIpc) is 2.87. The third-order valence-corrected chi connectivity index (χ3v) is 3.06. The Labute approximate surface area is 100 Å². The highest BCUT2D eigenvalue weighted by Gasteiger charge is 2.31. The van der Waals surface area contributed by atoms with Crippen LogP contribution in [0.25, 0.3) is 0 Å². The van der Waals surface area contributed by atoms with E-state index in [0.717, 1.165) is 31.4 Å². The minimum absolute atomic E-state index is 0.209. The molecule has 1 aromatic rings. The summed E-state index contributed by atoms with van der Waals surface area (Å²) < 4.78 is 4.79. The Morgan fingerprint density at radius 3 is 3.06 bits per heavy atom. The second kappa shape index (κ2) is 4.99. The monoisotopic (exact) mass is 233 g/mol. The van der Waals surface area contributed by atoms with Gasteiger partial charge in [-0.3, -0.25) is 4.79 Å². The van der Waals surface area contributed by atoms with Gasteiger partial charge in [-0.05, 0) is 25.0 Å². The van der Waals surface area contributed by atoms with E-state index in [1.165, 1.54) is 7.11 Å². The number of hydrogen-bond acceptors (Lipinski definition) is 4. The number of esters is 1. The largest absolute Gasteiger partial charge is 0.467 e. The van der Waals surface area contributed by atoms with Crippen LogP contribution in [0.5, 0.6) is 0 Å². The molecule has 0 aliphatic carbocycles. The van der Waals surface area contributed by atoms with Crippen molar-refractivity contribution in [1.82, 2.24) is 0 Å². The van der Waals surface area contributed by atoms with Gasteiger partial charge in [-0.2, -0.15) is 0 Å². The molecule has 0 saturated carbocycles. The third kappa shape index (κ3) is 2.30. The van der Waals surface area contributed by atoms with E-state index in [1.807, 2.05) is 17.0 Å². The van der Waals surface area contributed by atoms with Gasteiger partial charge in [0.15, 0.2) is 0 Å². The van der Waals surface area contributed by atoms with Gasteiger partial charge in [0.05, 0.1) is 7.11 Å². The molecule has 0 radical (unpaired) electrons. The van der Waals surface area contributed by atoms with Gasteiger partial charge in [0.25, 0.3) is 0 Å². The van der Waals surface area contributed by atoms with Crippen molar-refractivity contribution in [1.29, 1.82) is 0 Å². The number of aldehydes is 1. The lowest BCUT2D eigenvalue weighted by Crippen LogP contribution is -2.36. The predicted octanol–water partition coefficient (Wildman–Crippen LogP) is 1.64. The van der Waals surface area contributed by atoms with Gasteiger partial charge in [-0.1, -0.05) is 12.1 Å². The summed E-state index contributed by atoms with van der Waals surface area (Å²) in [7, 11) is 1.40. The van der Waals surface area contributed by atoms with Crippen molar-refractivity contribution in [2.75, 3.05) is 18.6 Å². The predicted molar refractivity (Wildman–Crippen MR) is 64.2 cm³/mol. The van der Waals surface area contributed by atoms with Gasteiger partial charge in [0, 0.05) is 17.8 Å². The van der Waals surface area contributed by atoms with E-state index in [0.29, 0.717) is 5.56 Å². The normalized spacial score (nSPS) is 19.1. The van der Waals surface area contributed by atoms with E-state index in [1.54, 1.807) is 12.1 Å². The number of rotatable bonds is 3. The zero-order valence-corrected chi connectivity index (χ0v) is 9.76. The Morgan fingerprint density at radius 2 is 2.35 bits per heavy atom. The fourth-order valence-corrected chi connectivity index (χ4v) is 2.23. The Morgan fingerprint density at radius 1 is 1.53 bits per heavy atom. The molecular weight excluding hydrogens is 218 g/mol. The van der Waals surface area contributed by atoms with Crippen molar-refractivity contribution in [3.05, 3.63) is 29.8 Å². The first kappa shape index (κ1) is 11.6. The lowest BCUT2D eigenvalue weighted by atomic mass is 10.1. The molecule has 0 bridgehead atoms. The molecule has 1 aliphatic rings. The summed E-state index contributed by atoms with van der Waals surface area (Å²) >= 11 is 0. The van der Waals surface area contributed by atoms with E-state index < -0.39 is 0 Å². The topological polar surface area (TPSA) is 46.6 Å². The maximum absolute atomic E-state index is 11.6. The van der Waals surface area contributed by atoms with Crippen LogP contribution in [0.1, 0.15) is 23.2 Å². The number of carbonyl (C=O) groups is 2. The molecule has 4 nitrogen and oxygen atoms in total. The summed E-state index contributed by atoms with van der Waals surface area (Å²) in [6, 6.07) is 7.07. The summed E-state index contributed by atoms with van der Waals surface area (Å²) in [4.78, 5) is 24.4. The number of methoxy groups -OCH3 is 1. The first-order chi connectivity index (χ1) is 8.26. The molecule has 0 amide bonds. The first-order valence-corrected chi connectivity index (χ1v) is 5.66. The number of nitrogens with zero attached hydrogens (tertiary/aromatic N) is 1. The number of carbonyl (C=O) groups excluding carboxylic acids is 2. The highest BCUT2D eigenvalue weighted by atomic mass is 16.5. The van der Waals surface area contributed by atoms with E-state index in [-0.39, 0.29) is 12.0 Å². The average molecular weight is 233 g/mol. The zero-order chi connectivity index (χ0) is 12.3. The molecule has 0 spiro atoms. The maximum atomic E-state index is 11.6. The summed E-state index contributed by atoms with van der Waals surface area (Å²) in [6.07, 6.45) is 2.58. The Hall–Kier alpha value is -1.84. The Bertz CT molecular complexity index is 430. The molecule has 90 valence electrons. The molecule has 1 aromatic carbocycles. The lowest BCUT2D eigenvalue weighted by molar-refractivity contribution is -0.141. The van der Waals surface area contributed by atoms with Gasteiger partial charge in [-0.15, -0.1) is 0 Å². The molecular formula is C13H15NO3. The van der Waals surface area contributed by atoms with Crippen molar-refractivity contribution in [2.45, 2.75) is 18.9 Å². The molecule has 1 fully saturated rings. The second-order valence-electron chi connectivity index (χ2n) is 4.09. The summed E-state index contributed by atoms with van der Waals surface area (Å²) in [6.45, 7) is 0.822. The molecule has 1 heterocycles. The van der Waals surface area contributed by atoms with Crippen molar-refractivity contribution in [3.63, 3.8) is 0 Å². The third-order valence-electron chi connectivity index (χ3n) is 3.06. The number of benzene rings is 1. The van der Waals surface area contributed by atoms with Crippen LogP contribution in [0.4, 0.5) is 5.69 Å². The molecule has 1 aliphatic heterocycles. The molecule has 4 heteroatoms. The molecule has 0 unspecified atom stereocenters. The molecule has 1 atom stereocenters. The maximum Gasteiger partial charge on any atom is 0.328 e. The van der Waals surface area contributed by atoms with Crippen molar-refractivity contribution >= 4 is 17.9 Å². The van der Waals surface area contributed by atoms with E-state index in [4.69, 9.17) is 4.74 Å². The molecule has 0 aromatic heterocycles. The molecule has 0 N–H and O–H groups in total. The van der Waals surface area contributed by atoms with Crippen molar-refractivity contribution in [3.8, 4) is 0 Å². The fourth-order valence-electron chi connectivity index (χ4n) is 2.23. The minimum Gasteiger partial charge on any atom is -0.467 e. The smallest absolute Gasteiger partial charge is 0.328 e. The quantitative estimate of drug-likeness (QED) is 0.588. The highest BCUT2D eigenvalue weighted by molar-refractivity contribution is 5.82. The van der Waals surface area contributed by atoms with E-state index >= 15 is 0 Å². The number of ether oxygens (including phenoxy) is 1. The van der Waals surface area contributed by atoms with Crippen LogP contribution < -0.4 is 4.90 Å². The number of hydrogen-bond donors (Lipinski definition) is 0.